The van der Waals surface area contributed by atoms with Crippen LogP contribution < -0.4 is 10.6 Å². The Labute approximate surface area is 84.1 Å². The molecule has 0 bridgehead atoms. The fourth-order valence-electron chi connectivity index (χ4n) is 1.70. The van der Waals surface area contributed by atoms with Crippen molar-refractivity contribution in [3.05, 3.63) is 24.0 Å². The molecule has 2 N–H and O–H groups in total. The van der Waals surface area contributed by atoms with Gasteiger partial charge in [0, 0.05) is 18.8 Å². The van der Waals surface area contributed by atoms with Gasteiger partial charge in [0.25, 0.3) is 0 Å². The minimum absolute atomic E-state index is 0.637. The third-order valence-electron chi connectivity index (χ3n) is 2.54. The Balaban J connectivity index is 1.76. The normalized spacial score (nSPS) is 18.3. The summed E-state index contributed by atoms with van der Waals surface area (Å²) in [5.41, 5.74) is 1.02. The second-order valence-electron chi connectivity index (χ2n) is 3.62. The molecule has 2 rings (SSSR count). The summed E-state index contributed by atoms with van der Waals surface area (Å²) in [6, 6.07) is 4.56. The lowest BCUT2D eigenvalue weighted by molar-refractivity contribution is 0.384. The molecule has 14 heavy (non-hydrogen) atoms. The average molecular weight is 192 g/mol. The van der Waals surface area contributed by atoms with Crippen molar-refractivity contribution in [1.82, 2.24) is 20.8 Å². The topological polar surface area (TPSA) is 49.8 Å². The van der Waals surface area contributed by atoms with Gasteiger partial charge >= 0.3 is 0 Å². The van der Waals surface area contributed by atoms with Crippen molar-refractivity contribution < 1.29 is 0 Å². The number of nitrogens with one attached hydrogen (secondary N) is 2. The van der Waals surface area contributed by atoms with Crippen LogP contribution in [-0.4, -0.2) is 29.3 Å². The highest BCUT2D eigenvalue weighted by atomic mass is 15.1. The van der Waals surface area contributed by atoms with Crippen molar-refractivity contribution in [2.45, 2.75) is 25.4 Å². The second kappa shape index (κ2) is 5.02. The molecule has 0 unspecified atom stereocenters. The summed E-state index contributed by atoms with van der Waals surface area (Å²) >= 11 is 0. The molecule has 0 spiro atoms. The van der Waals surface area contributed by atoms with E-state index in [-0.39, 0.29) is 0 Å². The first-order valence-electron chi connectivity index (χ1n) is 5.16. The maximum Gasteiger partial charge on any atom is 0.0769 e. The van der Waals surface area contributed by atoms with Crippen LogP contribution in [-0.2, 0) is 6.54 Å². The molecule has 0 atom stereocenters. The van der Waals surface area contributed by atoms with E-state index in [2.05, 4.69) is 20.8 Å². The molecule has 1 aromatic heterocycles. The molecular formula is C10H16N4. The predicted molar refractivity (Wildman–Crippen MR) is 54.8 cm³/mol. The van der Waals surface area contributed by atoms with Crippen LogP contribution in [0.1, 0.15) is 18.5 Å². The Kier molecular flexibility index (Phi) is 3.43. The molecule has 2 heterocycles. The molecule has 1 saturated heterocycles. The molecule has 0 aliphatic carbocycles. The SMILES string of the molecule is c1cnnc(CNC2CCNCC2)c1. The number of rotatable bonds is 3. The first kappa shape index (κ1) is 9.55. The molecule has 4 nitrogen and oxygen atoms in total. The lowest BCUT2D eigenvalue weighted by Gasteiger charge is -2.23. The van der Waals surface area contributed by atoms with E-state index in [1.54, 1.807) is 6.20 Å². The van der Waals surface area contributed by atoms with Crippen molar-refractivity contribution in [1.29, 1.82) is 0 Å². The summed E-state index contributed by atoms with van der Waals surface area (Å²) in [5.74, 6) is 0. The van der Waals surface area contributed by atoms with Crippen molar-refractivity contribution in [3.63, 3.8) is 0 Å². The predicted octanol–water partition coefficient (Wildman–Crippen LogP) is 0.318. The van der Waals surface area contributed by atoms with Crippen LogP contribution in [0.25, 0.3) is 0 Å². The highest BCUT2D eigenvalue weighted by Gasteiger charge is 2.11. The Hall–Kier alpha value is -1.00. The molecule has 0 radical (unpaired) electrons. The van der Waals surface area contributed by atoms with Crippen molar-refractivity contribution >= 4 is 0 Å². The molecule has 0 saturated carbocycles. The van der Waals surface area contributed by atoms with Crippen molar-refractivity contribution in [3.8, 4) is 0 Å². The first-order valence-corrected chi connectivity index (χ1v) is 5.16. The zero-order chi connectivity index (χ0) is 9.64. The summed E-state index contributed by atoms with van der Waals surface area (Å²) < 4.78 is 0. The smallest absolute Gasteiger partial charge is 0.0769 e. The van der Waals surface area contributed by atoms with Crippen LogP contribution in [0.2, 0.25) is 0 Å². The largest absolute Gasteiger partial charge is 0.317 e. The Morgan fingerprint density at radius 2 is 2.29 bits per heavy atom. The highest BCUT2D eigenvalue weighted by Crippen LogP contribution is 2.02. The van der Waals surface area contributed by atoms with Crippen LogP contribution in [0, 0.1) is 0 Å². The monoisotopic (exact) mass is 192 g/mol. The van der Waals surface area contributed by atoms with Crippen LogP contribution in [0.4, 0.5) is 0 Å². The van der Waals surface area contributed by atoms with Gasteiger partial charge in [-0.2, -0.15) is 10.2 Å². The number of hydrogen-bond donors (Lipinski definition) is 2. The molecule has 0 aromatic carbocycles. The van der Waals surface area contributed by atoms with Gasteiger partial charge in [0.2, 0.25) is 0 Å². The first-order chi connectivity index (χ1) is 6.95. The Morgan fingerprint density at radius 3 is 3.00 bits per heavy atom. The molecule has 0 amide bonds. The van der Waals surface area contributed by atoms with E-state index in [1.165, 1.54) is 12.8 Å². The quantitative estimate of drug-likeness (QED) is 0.724. The van der Waals surface area contributed by atoms with E-state index < -0.39 is 0 Å². The van der Waals surface area contributed by atoms with E-state index in [0.717, 1.165) is 25.3 Å². The van der Waals surface area contributed by atoms with E-state index >= 15 is 0 Å². The van der Waals surface area contributed by atoms with E-state index in [9.17, 15) is 0 Å². The van der Waals surface area contributed by atoms with Gasteiger partial charge in [0.1, 0.15) is 0 Å². The zero-order valence-corrected chi connectivity index (χ0v) is 8.24. The third kappa shape index (κ3) is 2.75. The minimum atomic E-state index is 0.637. The van der Waals surface area contributed by atoms with E-state index in [1.807, 2.05) is 12.1 Å². The fourth-order valence-corrected chi connectivity index (χ4v) is 1.70. The second-order valence-corrected chi connectivity index (χ2v) is 3.62. The summed E-state index contributed by atoms with van der Waals surface area (Å²) in [5, 5.41) is 14.7. The minimum Gasteiger partial charge on any atom is -0.317 e. The molecule has 1 aromatic rings. The van der Waals surface area contributed by atoms with Crippen LogP contribution in [0.5, 0.6) is 0 Å². The van der Waals surface area contributed by atoms with Gasteiger partial charge in [-0.3, -0.25) is 0 Å². The van der Waals surface area contributed by atoms with Crippen LogP contribution >= 0.6 is 0 Å². The van der Waals surface area contributed by atoms with Crippen molar-refractivity contribution in [2.75, 3.05) is 13.1 Å². The Morgan fingerprint density at radius 1 is 1.43 bits per heavy atom. The summed E-state index contributed by atoms with van der Waals surface area (Å²) in [6.45, 7) is 3.08. The molecule has 1 aliphatic heterocycles. The summed E-state index contributed by atoms with van der Waals surface area (Å²) in [4.78, 5) is 0. The number of hydrogen-bond acceptors (Lipinski definition) is 4. The standard InChI is InChI=1S/C10H16N4/c1-2-10(14-13-5-1)8-12-9-3-6-11-7-4-9/h1-2,5,9,11-12H,3-4,6-8H2. The third-order valence-corrected chi connectivity index (χ3v) is 2.54. The molecule has 76 valence electrons. The summed E-state index contributed by atoms with van der Waals surface area (Å²) in [7, 11) is 0. The number of nitrogens with zero attached hydrogens (tertiary/aromatic N) is 2. The fraction of sp³-hybridized carbons (Fsp3) is 0.600. The maximum atomic E-state index is 4.04. The van der Waals surface area contributed by atoms with Gasteiger partial charge in [0.15, 0.2) is 0 Å². The van der Waals surface area contributed by atoms with Gasteiger partial charge < -0.3 is 10.6 Å². The van der Waals surface area contributed by atoms with Crippen LogP contribution in [0.15, 0.2) is 18.3 Å². The van der Waals surface area contributed by atoms with Gasteiger partial charge in [0.05, 0.1) is 5.69 Å². The molecule has 4 heteroatoms. The lowest BCUT2D eigenvalue weighted by Crippen LogP contribution is -2.39. The average Bonchev–Trinajstić information content (AvgIpc) is 2.29. The van der Waals surface area contributed by atoms with Gasteiger partial charge in [-0.05, 0) is 38.1 Å². The van der Waals surface area contributed by atoms with Gasteiger partial charge in [-0.1, -0.05) is 0 Å². The molecule has 1 aliphatic rings. The maximum absolute atomic E-state index is 4.04. The van der Waals surface area contributed by atoms with E-state index in [0.29, 0.717) is 6.04 Å². The van der Waals surface area contributed by atoms with Gasteiger partial charge in [-0.25, -0.2) is 0 Å². The highest BCUT2D eigenvalue weighted by molar-refractivity contribution is 4.98. The number of aromatic nitrogens is 2. The zero-order valence-electron chi connectivity index (χ0n) is 8.24. The summed E-state index contributed by atoms with van der Waals surface area (Å²) in [6.07, 6.45) is 4.12. The van der Waals surface area contributed by atoms with Crippen molar-refractivity contribution in [2.24, 2.45) is 0 Å². The van der Waals surface area contributed by atoms with E-state index in [4.69, 9.17) is 0 Å². The van der Waals surface area contributed by atoms with Crippen LogP contribution in [0.3, 0.4) is 0 Å². The molecular weight excluding hydrogens is 176 g/mol. The van der Waals surface area contributed by atoms with Gasteiger partial charge in [-0.15, -0.1) is 0 Å². The lowest BCUT2D eigenvalue weighted by atomic mass is 10.1. The Bertz CT molecular complexity index is 256. The number of piperidine rings is 1. The molecule has 1 fully saturated rings.